The Bertz CT molecular complexity index is 335. The van der Waals surface area contributed by atoms with E-state index < -0.39 is 0 Å². The number of amides is 1. The standard InChI is InChI=1S/C13H18N2O/c1-2-13(16)15-12(9-6-10-14)11-7-4-3-5-8-11/h2-5,7-8,12H,1,6,9-10,14H2,(H,15,16). The van der Waals surface area contributed by atoms with E-state index in [1.165, 1.54) is 6.08 Å². The Morgan fingerprint density at radius 2 is 2.12 bits per heavy atom. The molecule has 1 unspecified atom stereocenters. The van der Waals surface area contributed by atoms with E-state index in [0.717, 1.165) is 18.4 Å². The van der Waals surface area contributed by atoms with Crippen molar-refractivity contribution in [3.8, 4) is 0 Å². The van der Waals surface area contributed by atoms with E-state index >= 15 is 0 Å². The summed E-state index contributed by atoms with van der Waals surface area (Å²) in [4.78, 5) is 11.3. The van der Waals surface area contributed by atoms with Crippen LogP contribution < -0.4 is 11.1 Å². The number of hydrogen-bond acceptors (Lipinski definition) is 2. The van der Waals surface area contributed by atoms with Crippen molar-refractivity contribution in [2.45, 2.75) is 18.9 Å². The molecule has 0 spiro atoms. The highest BCUT2D eigenvalue weighted by Gasteiger charge is 2.11. The Labute approximate surface area is 96.3 Å². The van der Waals surface area contributed by atoms with E-state index in [2.05, 4.69) is 11.9 Å². The number of carbonyl (C=O) groups is 1. The summed E-state index contributed by atoms with van der Waals surface area (Å²) in [6, 6.07) is 9.92. The molecule has 1 amide bonds. The maximum atomic E-state index is 11.3. The van der Waals surface area contributed by atoms with E-state index in [9.17, 15) is 4.79 Å². The smallest absolute Gasteiger partial charge is 0.243 e. The number of carbonyl (C=O) groups excluding carboxylic acids is 1. The maximum Gasteiger partial charge on any atom is 0.243 e. The van der Waals surface area contributed by atoms with Crippen LogP contribution in [0.4, 0.5) is 0 Å². The van der Waals surface area contributed by atoms with Gasteiger partial charge in [0.2, 0.25) is 5.91 Å². The van der Waals surface area contributed by atoms with Crippen molar-refractivity contribution in [3.63, 3.8) is 0 Å². The normalized spacial score (nSPS) is 11.8. The van der Waals surface area contributed by atoms with Crippen LogP contribution in [-0.2, 0) is 4.79 Å². The van der Waals surface area contributed by atoms with Gasteiger partial charge in [0.05, 0.1) is 6.04 Å². The summed E-state index contributed by atoms with van der Waals surface area (Å²) >= 11 is 0. The van der Waals surface area contributed by atoms with Crippen LogP contribution in [0, 0.1) is 0 Å². The predicted molar refractivity (Wildman–Crippen MR) is 65.8 cm³/mol. The van der Waals surface area contributed by atoms with Gasteiger partial charge in [-0.05, 0) is 31.0 Å². The Balaban J connectivity index is 2.70. The van der Waals surface area contributed by atoms with Crippen LogP contribution in [0.1, 0.15) is 24.4 Å². The lowest BCUT2D eigenvalue weighted by Crippen LogP contribution is -2.27. The molecule has 0 aliphatic rings. The summed E-state index contributed by atoms with van der Waals surface area (Å²) in [6.07, 6.45) is 3.02. The highest BCUT2D eigenvalue weighted by Crippen LogP contribution is 2.17. The first kappa shape index (κ1) is 12.5. The largest absolute Gasteiger partial charge is 0.346 e. The lowest BCUT2D eigenvalue weighted by atomic mass is 10.0. The molecule has 1 rings (SSSR count). The third kappa shape index (κ3) is 3.87. The molecule has 1 atom stereocenters. The molecular weight excluding hydrogens is 200 g/mol. The highest BCUT2D eigenvalue weighted by molar-refractivity contribution is 5.87. The van der Waals surface area contributed by atoms with Gasteiger partial charge in [-0.3, -0.25) is 4.79 Å². The Kier molecular flexibility index (Phi) is 5.29. The van der Waals surface area contributed by atoms with Gasteiger partial charge < -0.3 is 11.1 Å². The number of hydrogen-bond donors (Lipinski definition) is 2. The number of nitrogens with two attached hydrogens (primary N) is 1. The lowest BCUT2D eigenvalue weighted by molar-refractivity contribution is -0.117. The van der Waals surface area contributed by atoms with Gasteiger partial charge in [0, 0.05) is 0 Å². The summed E-state index contributed by atoms with van der Waals surface area (Å²) in [5.74, 6) is -0.147. The number of nitrogens with one attached hydrogen (secondary N) is 1. The first-order valence-electron chi connectivity index (χ1n) is 5.46. The van der Waals surface area contributed by atoms with Crippen molar-refractivity contribution in [1.82, 2.24) is 5.32 Å². The second-order valence-corrected chi connectivity index (χ2v) is 3.61. The first-order valence-corrected chi connectivity index (χ1v) is 5.46. The van der Waals surface area contributed by atoms with Crippen molar-refractivity contribution in [3.05, 3.63) is 48.6 Å². The van der Waals surface area contributed by atoms with Crippen molar-refractivity contribution in [2.75, 3.05) is 6.54 Å². The van der Waals surface area contributed by atoms with Crippen LogP contribution in [-0.4, -0.2) is 12.5 Å². The molecule has 1 aromatic carbocycles. The third-order valence-electron chi connectivity index (χ3n) is 2.40. The van der Waals surface area contributed by atoms with Gasteiger partial charge in [-0.2, -0.15) is 0 Å². The fourth-order valence-electron chi connectivity index (χ4n) is 1.56. The molecule has 0 bridgehead atoms. The molecule has 0 radical (unpaired) electrons. The zero-order valence-corrected chi connectivity index (χ0v) is 9.36. The van der Waals surface area contributed by atoms with Crippen molar-refractivity contribution in [2.24, 2.45) is 5.73 Å². The topological polar surface area (TPSA) is 55.1 Å². The average molecular weight is 218 g/mol. The Morgan fingerprint density at radius 3 is 2.69 bits per heavy atom. The minimum Gasteiger partial charge on any atom is -0.346 e. The molecule has 0 aliphatic heterocycles. The van der Waals surface area contributed by atoms with Gasteiger partial charge in [0.1, 0.15) is 0 Å². The molecule has 0 aliphatic carbocycles. The number of benzene rings is 1. The van der Waals surface area contributed by atoms with E-state index in [-0.39, 0.29) is 11.9 Å². The third-order valence-corrected chi connectivity index (χ3v) is 2.40. The highest BCUT2D eigenvalue weighted by atomic mass is 16.1. The summed E-state index contributed by atoms with van der Waals surface area (Å²) in [5, 5.41) is 2.91. The van der Waals surface area contributed by atoms with Crippen molar-refractivity contribution >= 4 is 5.91 Å². The van der Waals surface area contributed by atoms with Gasteiger partial charge in [-0.1, -0.05) is 36.9 Å². The second kappa shape index (κ2) is 6.80. The summed E-state index contributed by atoms with van der Waals surface area (Å²) < 4.78 is 0. The van der Waals surface area contributed by atoms with Gasteiger partial charge >= 0.3 is 0 Å². The summed E-state index contributed by atoms with van der Waals surface area (Å²) in [7, 11) is 0. The van der Waals surface area contributed by atoms with Crippen molar-refractivity contribution < 1.29 is 4.79 Å². The van der Waals surface area contributed by atoms with E-state index in [0.29, 0.717) is 6.54 Å². The summed E-state index contributed by atoms with van der Waals surface area (Å²) in [6.45, 7) is 4.08. The van der Waals surface area contributed by atoms with E-state index in [1.54, 1.807) is 0 Å². The quantitative estimate of drug-likeness (QED) is 0.715. The van der Waals surface area contributed by atoms with Crippen LogP contribution >= 0.6 is 0 Å². The molecule has 1 aromatic rings. The molecule has 0 heterocycles. The Hall–Kier alpha value is -1.61. The van der Waals surface area contributed by atoms with Crippen molar-refractivity contribution in [1.29, 1.82) is 0 Å². The molecule has 0 saturated heterocycles. The molecule has 0 fully saturated rings. The summed E-state index contributed by atoms with van der Waals surface area (Å²) in [5.41, 5.74) is 6.59. The monoisotopic (exact) mass is 218 g/mol. The Morgan fingerprint density at radius 1 is 1.44 bits per heavy atom. The SMILES string of the molecule is C=CC(=O)NC(CCCN)c1ccccc1. The maximum absolute atomic E-state index is 11.3. The van der Waals surface area contributed by atoms with Crippen LogP contribution in [0.2, 0.25) is 0 Å². The van der Waals surface area contributed by atoms with Crippen LogP contribution in [0.3, 0.4) is 0 Å². The van der Waals surface area contributed by atoms with E-state index in [1.807, 2.05) is 30.3 Å². The van der Waals surface area contributed by atoms with Gasteiger partial charge in [-0.25, -0.2) is 0 Å². The molecular formula is C13H18N2O. The minimum absolute atomic E-state index is 0.0234. The molecule has 3 nitrogen and oxygen atoms in total. The fourth-order valence-corrected chi connectivity index (χ4v) is 1.56. The fraction of sp³-hybridized carbons (Fsp3) is 0.308. The van der Waals surface area contributed by atoms with Crippen LogP contribution in [0.25, 0.3) is 0 Å². The molecule has 0 saturated carbocycles. The zero-order valence-electron chi connectivity index (χ0n) is 9.36. The van der Waals surface area contributed by atoms with Crippen LogP contribution in [0.5, 0.6) is 0 Å². The molecule has 16 heavy (non-hydrogen) atoms. The minimum atomic E-state index is -0.147. The second-order valence-electron chi connectivity index (χ2n) is 3.61. The van der Waals surface area contributed by atoms with E-state index in [4.69, 9.17) is 5.73 Å². The first-order chi connectivity index (χ1) is 7.77. The lowest BCUT2D eigenvalue weighted by Gasteiger charge is -2.17. The zero-order chi connectivity index (χ0) is 11.8. The molecule has 86 valence electrons. The molecule has 0 aromatic heterocycles. The van der Waals surface area contributed by atoms with Crippen LogP contribution in [0.15, 0.2) is 43.0 Å². The predicted octanol–water partition coefficient (Wildman–Crippen LogP) is 1.77. The molecule has 3 N–H and O–H groups in total. The van der Waals surface area contributed by atoms with Gasteiger partial charge in [0.15, 0.2) is 0 Å². The molecule has 3 heteroatoms. The van der Waals surface area contributed by atoms with Gasteiger partial charge in [-0.15, -0.1) is 0 Å². The van der Waals surface area contributed by atoms with Gasteiger partial charge in [0.25, 0.3) is 0 Å². The number of rotatable bonds is 6. The average Bonchev–Trinajstić information content (AvgIpc) is 2.35.